The number of rotatable bonds is 0. The molecule has 0 aromatic heterocycles. The van der Waals surface area contributed by atoms with Gasteiger partial charge < -0.3 is 5.21 Å². The average molecular weight is 254 g/mol. The van der Waals surface area contributed by atoms with E-state index in [0.717, 1.165) is 15.6 Å². The van der Waals surface area contributed by atoms with Gasteiger partial charge in [-0.25, -0.2) is 0 Å². The molecule has 1 aliphatic rings. The van der Waals surface area contributed by atoms with E-state index in [1.54, 1.807) is 0 Å². The molecule has 2 rings (SSSR count). The highest BCUT2D eigenvalue weighted by atomic mass is 79.9. The van der Waals surface area contributed by atoms with Gasteiger partial charge in [-0.2, -0.15) is 0 Å². The number of fused-ring (bicyclic) bond motifs is 1. The summed E-state index contributed by atoms with van der Waals surface area (Å²) in [5.41, 5.74) is 2.78. The third kappa shape index (κ3) is 1.26. The number of benzene rings is 1. The Labute approximate surface area is 89.6 Å². The van der Waals surface area contributed by atoms with Gasteiger partial charge in [0.25, 0.3) is 0 Å². The third-order valence-corrected chi connectivity index (χ3v) is 3.02. The number of hydrogen-bond donors (Lipinski definition) is 1. The zero-order valence-corrected chi connectivity index (χ0v) is 9.13. The molecule has 4 heteroatoms. The predicted molar refractivity (Wildman–Crippen MR) is 56.1 cm³/mol. The maximum atomic E-state index is 11.6. The number of ketones is 1. The topological polar surface area (TPSA) is 49.7 Å². The second kappa shape index (κ2) is 3.20. The SMILES string of the molecule is Cc1cc(Br)c2c(c1)C(=O)/C(=N/O)C2. The van der Waals surface area contributed by atoms with Gasteiger partial charge >= 0.3 is 0 Å². The standard InChI is InChI=1S/C10H8BrNO2/c1-5-2-7-6(8(11)3-5)4-9(12-14)10(7)13/h2-3,14H,4H2,1H3/b12-9+. The van der Waals surface area contributed by atoms with E-state index in [2.05, 4.69) is 21.1 Å². The molecule has 14 heavy (non-hydrogen) atoms. The highest BCUT2D eigenvalue weighted by molar-refractivity contribution is 9.10. The lowest BCUT2D eigenvalue weighted by Crippen LogP contribution is -2.06. The molecule has 0 fully saturated rings. The van der Waals surface area contributed by atoms with E-state index in [-0.39, 0.29) is 11.5 Å². The third-order valence-electron chi connectivity index (χ3n) is 2.31. The Bertz CT molecular complexity index is 452. The molecule has 1 aromatic rings. The molecule has 3 nitrogen and oxygen atoms in total. The van der Waals surface area contributed by atoms with E-state index in [0.29, 0.717) is 12.0 Å². The molecule has 0 amide bonds. The minimum atomic E-state index is -0.174. The molecule has 0 atom stereocenters. The van der Waals surface area contributed by atoms with Crippen LogP contribution in [0.15, 0.2) is 21.8 Å². The van der Waals surface area contributed by atoms with Crippen LogP contribution in [0, 0.1) is 6.92 Å². The molecule has 0 unspecified atom stereocenters. The van der Waals surface area contributed by atoms with E-state index in [1.165, 1.54) is 0 Å². The number of carbonyl (C=O) groups excluding carboxylic acids is 1. The van der Waals surface area contributed by atoms with Crippen LogP contribution < -0.4 is 0 Å². The van der Waals surface area contributed by atoms with E-state index in [1.807, 2.05) is 19.1 Å². The van der Waals surface area contributed by atoms with Crippen LogP contribution in [0.5, 0.6) is 0 Å². The molecule has 1 aliphatic carbocycles. The van der Waals surface area contributed by atoms with Gasteiger partial charge in [-0.15, -0.1) is 0 Å². The van der Waals surface area contributed by atoms with Gasteiger partial charge in [0.2, 0.25) is 5.78 Å². The molecule has 1 N–H and O–H groups in total. The summed E-state index contributed by atoms with van der Waals surface area (Å²) in [7, 11) is 0. The summed E-state index contributed by atoms with van der Waals surface area (Å²) >= 11 is 3.39. The van der Waals surface area contributed by atoms with Crippen LogP contribution in [0.4, 0.5) is 0 Å². The van der Waals surface area contributed by atoms with Crippen LogP contribution in [-0.2, 0) is 6.42 Å². The summed E-state index contributed by atoms with van der Waals surface area (Å²) in [5, 5.41) is 11.6. The van der Waals surface area contributed by atoms with Crippen molar-refractivity contribution in [2.45, 2.75) is 13.3 Å². The molecular weight excluding hydrogens is 246 g/mol. The molecule has 72 valence electrons. The minimum absolute atomic E-state index is 0.174. The van der Waals surface area contributed by atoms with Crippen LogP contribution in [0.1, 0.15) is 21.5 Å². The van der Waals surface area contributed by atoms with E-state index >= 15 is 0 Å². The van der Waals surface area contributed by atoms with Gasteiger partial charge in [0, 0.05) is 16.5 Å². The first kappa shape index (κ1) is 9.40. The first-order valence-electron chi connectivity index (χ1n) is 4.18. The van der Waals surface area contributed by atoms with Crippen LogP contribution in [-0.4, -0.2) is 16.7 Å². The number of hydrogen-bond acceptors (Lipinski definition) is 3. The fraction of sp³-hybridized carbons (Fsp3) is 0.200. The molecule has 0 saturated heterocycles. The Morgan fingerprint density at radius 3 is 2.86 bits per heavy atom. The number of oxime groups is 1. The van der Waals surface area contributed by atoms with Gasteiger partial charge in [-0.3, -0.25) is 4.79 Å². The summed E-state index contributed by atoms with van der Waals surface area (Å²) in [6.07, 6.45) is 0.408. The average Bonchev–Trinajstić information content (AvgIpc) is 2.44. The van der Waals surface area contributed by atoms with Crippen molar-refractivity contribution in [3.8, 4) is 0 Å². The smallest absolute Gasteiger partial charge is 0.211 e. The summed E-state index contributed by atoms with van der Waals surface area (Å²) < 4.78 is 0.902. The van der Waals surface area contributed by atoms with Crippen molar-refractivity contribution in [2.24, 2.45) is 5.16 Å². The van der Waals surface area contributed by atoms with E-state index in [4.69, 9.17) is 5.21 Å². The van der Waals surface area contributed by atoms with E-state index < -0.39 is 0 Å². The molecule has 1 aromatic carbocycles. The van der Waals surface area contributed by atoms with Crippen molar-refractivity contribution in [3.05, 3.63) is 33.3 Å². The maximum Gasteiger partial charge on any atom is 0.211 e. The first-order chi connectivity index (χ1) is 6.63. The van der Waals surface area contributed by atoms with Crippen LogP contribution in [0.25, 0.3) is 0 Å². The van der Waals surface area contributed by atoms with Gasteiger partial charge in [0.05, 0.1) is 0 Å². The molecule has 0 saturated carbocycles. The summed E-state index contributed by atoms with van der Waals surface area (Å²) in [5.74, 6) is -0.174. The molecule has 0 radical (unpaired) electrons. The van der Waals surface area contributed by atoms with E-state index in [9.17, 15) is 4.79 Å². The Morgan fingerprint density at radius 2 is 2.21 bits per heavy atom. The van der Waals surface area contributed by atoms with Crippen molar-refractivity contribution < 1.29 is 10.0 Å². The number of nitrogens with zero attached hydrogens (tertiary/aromatic N) is 1. The summed E-state index contributed by atoms with van der Waals surface area (Å²) in [4.78, 5) is 11.6. The number of carbonyl (C=O) groups is 1. The van der Waals surface area contributed by atoms with Crippen molar-refractivity contribution in [1.82, 2.24) is 0 Å². The zero-order chi connectivity index (χ0) is 10.3. The van der Waals surface area contributed by atoms with Gasteiger partial charge in [0.1, 0.15) is 5.71 Å². The Hall–Kier alpha value is -1.16. The normalized spacial score (nSPS) is 17.6. The lowest BCUT2D eigenvalue weighted by atomic mass is 10.1. The lowest BCUT2D eigenvalue weighted by molar-refractivity contribution is 0.106. The van der Waals surface area contributed by atoms with Gasteiger partial charge in [-0.1, -0.05) is 21.1 Å². The fourth-order valence-corrected chi connectivity index (χ4v) is 2.35. The Morgan fingerprint density at radius 1 is 1.50 bits per heavy atom. The van der Waals surface area contributed by atoms with Crippen LogP contribution >= 0.6 is 15.9 Å². The van der Waals surface area contributed by atoms with Crippen LogP contribution in [0.3, 0.4) is 0 Å². The first-order valence-corrected chi connectivity index (χ1v) is 4.97. The molecule has 0 spiro atoms. The van der Waals surface area contributed by atoms with Crippen molar-refractivity contribution in [1.29, 1.82) is 0 Å². The minimum Gasteiger partial charge on any atom is -0.411 e. The quantitative estimate of drug-likeness (QED) is 0.570. The highest BCUT2D eigenvalue weighted by Crippen LogP contribution is 2.29. The lowest BCUT2D eigenvalue weighted by Gasteiger charge is -2.01. The largest absolute Gasteiger partial charge is 0.411 e. The second-order valence-corrected chi connectivity index (χ2v) is 4.18. The van der Waals surface area contributed by atoms with Gasteiger partial charge in [-0.05, 0) is 30.2 Å². The number of aryl methyl sites for hydroxylation is 1. The summed E-state index contributed by atoms with van der Waals surface area (Å²) in [6, 6.07) is 3.77. The Balaban J connectivity index is 2.65. The van der Waals surface area contributed by atoms with Gasteiger partial charge in [0.15, 0.2) is 0 Å². The fourth-order valence-electron chi connectivity index (χ4n) is 1.64. The van der Waals surface area contributed by atoms with Crippen molar-refractivity contribution in [3.63, 3.8) is 0 Å². The number of halogens is 1. The van der Waals surface area contributed by atoms with Crippen LogP contribution in [0.2, 0.25) is 0 Å². The van der Waals surface area contributed by atoms with Crippen molar-refractivity contribution in [2.75, 3.05) is 0 Å². The summed E-state index contributed by atoms with van der Waals surface area (Å²) in [6.45, 7) is 1.92. The number of Topliss-reactive ketones (excluding diaryl/α,β-unsaturated/α-hetero) is 1. The predicted octanol–water partition coefficient (Wildman–Crippen LogP) is 2.33. The maximum absolute atomic E-state index is 11.6. The second-order valence-electron chi connectivity index (χ2n) is 3.33. The monoisotopic (exact) mass is 253 g/mol. The molecule has 0 aliphatic heterocycles. The zero-order valence-electron chi connectivity index (χ0n) is 7.54. The van der Waals surface area contributed by atoms with Crippen molar-refractivity contribution >= 4 is 27.4 Å². The molecule has 0 bridgehead atoms. The molecular formula is C10H8BrNO2. The highest BCUT2D eigenvalue weighted by Gasteiger charge is 2.28. The Kier molecular flexibility index (Phi) is 2.15. The molecule has 0 heterocycles.